The van der Waals surface area contributed by atoms with Gasteiger partial charge in [0.2, 0.25) is 0 Å². The van der Waals surface area contributed by atoms with Crippen LogP contribution in [0.1, 0.15) is 28.6 Å². The number of rotatable bonds is 3. The third-order valence-electron chi connectivity index (χ3n) is 5.02. The minimum atomic E-state index is -0.300. The summed E-state index contributed by atoms with van der Waals surface area (Å²) in [6, 6.07) is 16.5. The molecule has 0 unspecified atom stereocenters. The highest BCUT2D eigenvalue weighted by atomic mass is 79.9. The average molecular weight is 463 g/mol. The van der Waals surface area contributed by atoms with Gasteiger partial charge in [-0.1, -0.05) is 22.0 Å². The van der Waals surface area contributed by atoms with Gasteiger partial charge in [0.15, 0.2) is 0 Å². The Morgan fingerprint density at radius 1 is 1.07 bits per heavy atom. The van der Waals surface area contributed by atoms with Gasteiger partial charge in [0.25, 0.3) is 5.91 Å². The van der Waals surface area contributed by atoms with Crippen LogP contribution in [0.25, 0.3) is 17.4 Å². The number of hydrogen-bond acceptors (Lipinski definition) is 5. The zero-order valence-electron chi connectivity index (χ0n) is 15.9. The molecule has 0 saturated carbocycles. The molecule has 148 valence electrons. The van der Waals surface area contributed by atoms with Gasteiger partial charge >= 0.3 is 5.97 Å². The number of halogens is 1. The van der Waals surface area contributed by atoms with E-state index in [4.69, 9.17) is 9.15 Å². The van der Waals surface area contributed by atoms with E-state index in [0.29, 0.717) is 34.1 Å². The molecule has 1 amide bonds. The predicted molar refractivity (Wildman–Crippen MR) is 116 cm³/mol. The first-order valence-electron chi connectivity index (χ1n) is 9.27. The van der Waals surface area contributed by atoms with Crippen molar-refractivity contribution < 1.29 is 18.7 Å². The number of fused-ring (bicyclic) bond motifs is 1. The number of carbonyl (C=O) groups is 2. The molecule has 2 aromatic carbocycles. The molecule has 5 rings (SSSR count). The molecule has 1 aromatic heterocycles. The van der Waals surface area contributed by atoms with Crippen LogP contribution in [-0.4, -0.2) is 17.6 Å². The monoisotopic (exact) mass is 462 g/mol. The van der Waals surface area contributed by atoms with Crippen LogP contribution >= 0.6 is 15.9 Å². The number of anilines is 1. The Hall–Kier alpha value is -3.45. The van der Waals surface area contributed by atoms with Crippen molar-refractivity contribution in [2.75, 3.05) is 5.01 Å². The molecule has 0 bridgehead atoms. The molecule has 2 aliphatic rings. The standard InChI is InChI=1S/C23H15BrN2O4/c1-13-20(22(27)26(25-13)17-5-3-16(24)4-6-17)11-18-7-9-21(30-18)14-2-8-19-15(10-14)12-29-23(19)28/h2-11H,12H2,1H3/b20-11+. The van der Waals surface area contributed by atoms with Gasteiger partial charge in [0.1, 0.15) is 18.1 Å². The van der Waals surface area contributed by atoms with Crippen molar-refractivity contribution >= 4 is 45.3 Å². The molecule has 0 saturated heterocycles. The third-order valence-corrected chi connectivity index (χ3v) is 5.54. The minimum Gasteiger partial charge on any atom is -0.457 e. The zero-order chi connectivity index (χ0) is 20.8. The molecule has 0 fully saturated rings. The van der Waals surface area contributed by atoms with Crippen LogP contribution in [-0.2, 0) is 16.1 Å². The van der Waals surface area contributed by atoms with Crippen LogP contribution in [0.2, 0.25) is 0 Å². The number of amides is 1. The van der Waals surface area contributed by atoms with E-state index in [2.05, 4.69) is 21.0 Å². The van der Waals surface area contributed by atoms with Crippen LogP contribution in [0.4, 0.5) is 5.69 Å². The lowest BCUT2D eigenvalue weighted by Crippen LogP contribution is -2.21. The molecule has 0 radical (unpaired) electrons. The normalized spacial score (nSPS) is 16.8. The number of hydrogen-bond donors (Lipinski definition) is 0. The zero-order valence-corrected chi connectivity index (χ0v) is 17.5. The van der Waals surface area contributed by atoms with E-state index in [9.17, 15) is 9.59 Å². The van der Waals surface area contributed by atoms with Gasteiger partial charge in [-0.25, -0.2) is 4.79 Å². The third kappa shape index (κ3) is 3.17. The number of cyclic esters (lactones) is 1. The van der Waals surface area contributed by atoms with Crippen molar-refractivity contribution in [3.05, 3.63) is 81.5 Å². The maximum atomic E-state index is 12.9. The Bertz CT molecular complexity index is 1250. The van der Waals surface area contributed by atoms with Crippen molar-refractivity contribution in [1.29, 1.82) is 0 Å². The molecular formula is C23H15BrN2O4. The van der Waals surface area contributed by atoms with Gasteiger partial charge < -0.3 is 9.15 Å². The molecule has 0 spiro atoms. The first kappa shape index (κ1) is 18.6. The molecule has 2 aliphatic heterocycles. The molecule has 30 heavy (non-hydrogen) atoms. The summed E-state index contributed by atoms with van der Waals surface area (Å²) >= 11 is 3.39. The summed E-state index contributed by atoms with van der Waals surface area (Å²) < 4.78 is 11.9. The molecule has 3 aromatic rings. The highest BCUT2D eigenvalue weighted by Crippen LogP contribution is 2.30. The fourth-order valence-electron chi connectivity index (χ4n) is 3.46. The van der Waals surface area contributed by atoms with Crippen LogP contribution in [0.5, 0.6) is 0 Å². The lowest BCUT2D eigenvalue weighted by atomic mass is 10.0. The summed E-state index contributed by atoms with van der Waals surface area (Å²) in [7, 11) is 0. The lowest BCUT2D eigenvalue weighted by molar-refractivity contribution is -0.114. The van der Waals surface area contributed by atoms with Crippen molar-refractivity contribution in [3.8, 4) is 11.3 Å². The summed E-state index contributed by atoms with van der Waals surface area (Å²) in [4.78, 5) is 24.5. The van der Waals surface area contributed by atoms with Crippen LogP contribution in [0, 0.1) is 0 Å². The van der Waals surface area contributed by atoms with E-state index in [-0.39, 0.29) is 18.5 Å². The average Bonchev–Trinajstić information content (AvgIpc) is 3.43. The molecule has 0 aliphatic carbocycles. The van der Waals surface area contributed by atoms with Gasteiger partial charge in [-0.05, 0) is 61.5 Å². The second-order valence-corrected chi connectivity index (χ2v) is 7.90. The van der Waals surface area contributed by atoms with Gasteiger partial charge in [-0.3, -0.25) is 4.79 Å². The van der Waals surface area contributed by atoms with E-state index >= 15 is 0 Å². The number of hydrazone groups is 1. The number of ether oxygens (including phenoxy) is 1. The predicted octanol–water partition coefficient (Wildman–Crippen LogP) is 5.19. The van der Waals surface area contributed by atoms with E-state index in [1.165, 1.54) is 5.01 Å². The quantitative estimate of drug-likeness (QED) is 0.396. The van der Waals surface area contributed by atoms with Crippen molar-refractivity contribution in [3.63, 3.8) is 0 Å². The summed E-state index contributed by atoms with van der Waals surface area (Å²) in [5, 5.41) is 5.77. The molecule has 3 heterocycles. The second-order valence-electron chi connectivity index (χ2n) is 6.99. The first-order valence-corrected chi connectivity index (χ1v) is 10.1. The Labute approximate surface area is 180 Å². The maximum absolute atomic E-state index is 12.9. The second kappa shape index (κ2) is 7.11. The molecule has 6 nitrogen and oxygen atoms in total. The molecule has 0 atom stereocenters. The van der Waals surface area contributed by atoms with Gasteiger partial charge in [0, 0.05) is 15.6 Å². The Morgan fingerprint density at radius 3 is 2.67 bits per heavy atom. The topological polar surface area (TPSA) is 72.1 Å². The highest BCUT2D eigenvalue weighted by Gasteiger charge is 2.29. The fraction of sp³-hybridized carbons (Fsp3) is 0.0870. The lowest BCUT2D eigenvalue weighted by Gasteiger charge is -2.11. The van der Waals surface area contributed by atoms with Gasteiger partial charge in [0.05, 0.1) is 22.5 Å². The number of carbonyl (C=O) groups excluding carboxylic acids is 2. The van der Waals surface area contributed by atoms with E-state index in [1.54, 1.807) is 25.1 Å². The Morgan fingerprint density at radius 2 is 1.87 bits per heavy atom. The van der Waals surface area contributed by atoms with Crippen molar-refractivity contribution in [2.24, 2.45) is 5.10 Å². The summed E-state index contributed by atoms with van der Waals surface area (Å²) in [6.07, 6.45) is 1.70. The molecular weight excluding hydrogens is 448 g/mol. The largest absolute Gasteiger partial charge is 0.457 e. The number of benzene rings is 2. The van der Waals surface area contributed by atoms with Gasteiger partial charge in [-0.2, -0.15) is 10.1 Å². The van der Waals surface area contributed by atoms with E-state index < -0.39 is 0 Å². The SMILES string of the molecule is CC1=NN(c2ccc(Br)cc2)C(=O)/C1=C/c1ccc(-c2ccc3c(c2)COC3=O)o1. The Balaban J connectivity index is 1.42. The summed E-state index contributed by atoms with van der Waals surface area (Å²) in [5.41, 5.74) is 4.06. The maximum Gasteiger partial charge on any atom is 0.338 e. The minimum absolute atomic E-state index is 0.207. The highest BCUT2D eigenvalue weighted by molar-refractivity contribution is 9.10. The Kier molecular flexibility index (Phi) is 4.40. The van der Waals surface area contributed by atoms with Gasteiger partial charge in [-0.15, -0.1) is 0 Å². The number of esters is 1. The summed E-state index contributed by atoms with van der Waals surface area (Å²) in [5.74, 6) is 0.689. The molecule has 7 heteroatoms. The first-order chi connectivity index (χ1) is 14.5. The smallest absolute Gasteiger partial charge is 0.338 e. The molecule has 0 N–H and O–H groups in total. The van der Waals surface area contributed by atoms with Crippen LogP contribution in [0.3, 0.4) is 0 Å². The van der Waals surface area contributed by atoms with E-state index in [0.717, 1.165) is 15.6 Å². The number of nitrogens with zero attached hydrogens (tertiary/aromatic N) is 2. The fourth-order valence-corrected chi connectivity index (χ4v) is 3.72. The van der Waals surface area contributed by atoms with Crippen molar-refractivity contribution in [1.82, 2.24) is 0 Å². The summed E-state index contributed by atoms with van der Waals surface area (Å²) in [6.45, 7) is 2.07. The van der Waals surface area contributed by atoms with Crippen LogP contribution in [0.15, 0.2) is 74.2 Å². The number of furan rings is 1. The van der Waals surface area contributed by atoms with Crippen LogP contribution < -0.4 is 5.01 Å². The van der Waals surface area contributed by atoms with E-state index in [1.807, 2.05) is 42.5 Å². The van der Waals surface area contributed by atoms with Crippen molar-refractivity contribution in [2.45, 2.75) is 13.5 Å².